The summed E-state index contributed by atoms with van der Waals surface area (Å²) in [4.78, 5) is 4.83. The van der Waals surface area contributed by atoms with Crippen molar-refractivity contribution in [1.82, 2.24) is 14.7 Å². The molecule has 0 saturated heterocycles. The van der Waals surface area contributed by atoms with Crippen LogP contribution in [-0.2, 0) is 17.4 Å². The molecule has 0 heterocycles. The van der Waals surface area contributed by atoms with E-state index in [0.717, 1.165) is 0 Å². The monoisotopic (exact) mass is 316 g/mol. The van der Waals surface area contributed by atoms with Gasteiger partial charge in [-0.15, -0.1) is 0 Å². The molecule has 0 aliphatic rings. The van der Waals surface area contributed by atoms with Crippen LogP contribution in [-0.4, -0.2) is 75.7 Å². The third-order valence-electron chi connectivity index (χ3n) is 2.18. The fourth-order valence-electron chi connectivity index (χ4n) is 0. The topological polar surface area (TPSA) is 78.9 Å². The summed E-state index contributed by atoms with van der Waals surface area (Å²) in [6, 6.07) is 0. The molecule has 0 saturated carbocycles. The minimum Gasteiger partial charge on any atom is -0.841 e. The van der Waals surface area contributed by atoms with E-state index in [4.69, 9.17) is 0 Å². The van der Waals surface area contributed by atoms with Gasteiger partial charge in [0.1, 0.15) is 0 Å². The minimum absolute atomic E-state index is 0. The van der Waals surface area contributed by atoms with Crippen LogP contribution in [0.2, 0.25) is 0 Å². The summed E-state index contributed by atoms with van der Waals surface area (Å²) in [5, 5.41) is 30.5. The second-order valence-electron chi connectivity index (χ2n) is 4.69. The number of rotatable bonds is 3. The van der Waals surface area contributed by atoms with Crippen molar-refractivity contribution >= 4 is 0 Å². The van der Waals surface area contributed by atoms with Crippen LogP contribution in [0.1, 0.15) is 20.8 Å². The summed E-state index contributed by atoms with van der Waals surface area (Å²) in [5.41, 5.74) is 0. The van der Waals surface area contributed by atoms with E-state index in [1.807, 2.05) is 0 Å². The average Bonchev–Trinajstić information content (AvgIpc) is 2.18. The van der Waals surface area contributed by atoms with Gasteiger partial charge >= 0.3 is 17.4 Å². The Morgan fingerprint density at radius 2 is 0.579 bits per heavy atom. The summed E-state index contributed by atoms with van der Waals surface area (Å²) in [5.74, 6) is 0. The van der Waals surface area contributed by atoms with Gasteiger partial charge in [0.25, 0.3) is 0 Å². The molecule has 0 N–H and O–H groups in total. The van der Waals surface area contributed by atoms with E-state index in [9.17, 15) is 15.3 Å². The van der Waals surface area contributed by atoms with Gasteiger partial charge in [-0.05, 0) is 42.3 Å². The smallest absolute Gasteiger partial charge is 0.841 e. The van der Waals surface area contributed by atoms with Gasteiger partial charge in [0, 0.05) is 0 Å². The van der Waals surface area contributed by atoms with Crippen molar-refractivity contribution in [2.24, 2.45) is 0 Å². The van der Waals surface area contributed by atoms with Gasteiger partial charge in [-0.1, -0.05) is 39.5 Å². The molecule has 6 nitrogen and oxygen atoms in total. The third kappa shape index (κ3) is 32.1. The second kappa shape index (κ2) is 16.3. The van der Waals surface area contributed by atoms with Crippen molar-refractivity contribution in [3.05, 3.63) is 0 Å². The van der Waals surface area contributed by atoms with Crippen LogP contribution in [0.3, 0.4) is 0 Å². The quantitative estimate of drug-likeness (QED) is 0.548. The van der Waals surface area contributed by atoms with Crippen molar-refractivity contribution in [3.8, 4) is 0 Å². The largest absolute Gasteiger partial charge is 3.00 e. The molecule has 3 atom stereocenters. The molecule has 0 aliphatic heterocycles. The van der Waals surface area contributed by atoms with Gasteiger partial charge in [-0.3, -0.25) is 0 Å². The summed E-state index contributed by atoms with van der Waals surface area (Å²) in [6.07, 6.45) is -1.69. The third-order valence-corrected chi connectivity index (χ3v) is 2.18. The van der Waals surface area contributed by atoms with Crippen LogP contribution < -0.4 is 15.3 Å². The molecule has 0 rings (SSSR count). The number of nitrogens with zero attached hydrogens (tertiary/aromatic N) is 3. The first-order chi connectivity index (χ1) is 7.93. The molecule has 117 valence electrons. The summed E-state index contributed by atoms with van der Waals surface area (Å²) in [7, 11) is 10.6. The van der Waals surface area contributed by atoms with E-state index in [1.165, 1.54) is 0 Å². The van der Waals surface area contributed by atoms with Crippen LogP contribution in [0.25, 0.3) is 0 Å². The van der Waals surface area contributed by atoms with E-state index in [0.29, 0.717) is 0 Å². The molecule has 0 fully saturated rings. The Bertz CT molecular complexity index is 120. The Hall–Kier alpha value is 0.292. The van der Waals surface area contributed by atoms with Gasteiger partial charge in [0.2, 0.25) is 0 Å². The van der Waals surface area contributed by atoms with Crippen LogP contribution in [0.5, 0.6) is 0 Å². The molecule has 1 radical (unpaired) electrons. The first kappa shape index (κ1) is 27.6. The SMILES string of the molecule is CC([O-])N(C)C.CC([O-])N(C)C.CC([O-])N(C)C.[Cr+3]. The fourth-order valence-corrected chi connectivity index (χ4v) is 0. The van der Waals surface area contributed by atoms with E-state index >= 15 is 0 Å². The fraction of sp³-hybridized carbons (Fsp3) is 1.00. The molecule has 7 heteroatoms. The van der Waals surface area contributed by atoms with Crippen molar-refractivity contribution in [2.75, 3.05) is 42.3 Å². The molecule has 0 amide bonds. The molecule has 0 aromatic heterocycles. The molecule has 0 aromatic rings. The normalized spacial score (nSPS) is 14.7. The van der Waals surface area contributed by atoms with E-state index in [-0.39, 0.29) is 17.4 Å². The minimum atomic E-state index is -0.565. The van der Waals surface area contributed by atoms with Gasteiger partial charge in [0.15, 0.2) is 0 Å². The Kier molecular flexibility index (Phi) is 23.8. The summed E-state index contributed by atoms with van der Waals surface area (Å²) in [6.45, 7) is 4.83. The molecule has 0 aromatic carbocycles. The van der Waals surface area contributed by atoms with Crippen molar-refractivity contribution in [3.63, 3.8) is 0 Å². The summed E-state index contributed by atoms with van der Waals surface area (Å²) >= 11 is 0. The van der Waals surface area contributed by atoms with Crippen molar-refractivity contribution in [2.45, 2.75) is 39.5 Å². The van der Waals surface area contributed by atoms with Gasteiger partial charge in [0.05, 0.1) is 0 Å². The Morgan fingerprint density at radius 3 is 0.579 bits per heavy atom. The Labute approximate surface area is 129 Å². The zero-order valence-electron chi connectivity index (χ0n) is 13.7. The average molecular weight is 316 g/mol. The van der Waals surface area contributed by atoms with Crippen LogP contribution in [0, 0.1) is 0 Å². The Morgan fingerprint density at radius 1 is 0.526 bits per heavy atom. The zero-order chi connectivity index (χ0) is 15.5. The molecule has 0 spiro atoms. The molecular weight excluding hydrogens is 286 g/mol. The molecule has 0 bridgehead atoms. The molecule has 19 heavy (non-hydrogen) atoms. The maximum atomic E-state index is 10.2. The van der Waals surface area contributed by atoms with Crippen molar-refractivity contribution < 1.29 is 32.7 Å². The van der Waals surface area contributed by atoms with Crippen LogP contribution in [0.15, 0.2) is 0 Å². The Balaban J connectivity index is -0.0000000865. The van der Waals surface area contributed by atoms with Gasteiger partial charge in [-0.25, -0.2) is 0 Å². The van der Waals surface area contributed by atoms with Crippen LogP contribution >= 0.6 is 0 Å². The molecule has 3 unspecified atom stereocenters. The standard InChI is InChI=1S/3C4H10NO.Cr/c3*1-4(6)5(2)3;/h3*4H,1-3H3;/q3*-1;+3. The second-order valence-corrected chi connectivity index (χ2v) is 4.69. The van der Waals surface area contributed by atoms with E-state index < -0.39 is 18.7 Å². The summed E-state index contributed by atoms with van der Waals surface area (Å²) < 4.78 is 0. The van der Waals surface area contributed by atoms with Gasteiger partial charge in [-0.2, -0.15) is 0 Å². The predicted molar refractivity (Wildman–Crippen MR) is 69.4 cm³/mol. The maximum absolute atomic E-state index is 10.2. The van der Waals surface area contributed by atoms with Crippen LogP contribution in [0.4, 0.5) is 0 Å². The predicted octanol–water partition coefficient (Wildman–Crippen LogP) is -2.24. The zero-order valence-corrected chi connectivity index (χ0v) is 15.0. The maximum Gasteiger partial charge on any atom is 3.00 e. The van der Waals surface area contributed by atoms with E-state index in [1.54, 1.807) is 77.8 Å². The molecule has 0 aliphatic carbocycles. The first-order valence-electron chi connectivity index (χ1n) is 5.90. The molecular formula is C12H30CrN3O3. The number of hydrogen-bond acceptors (Lipinski definition) is 6. The number of hydrogen-bond donors (Lipinski definition) is 0. The van der Waals surface area contributed by atoms with Crippen molar-refractivity contribution in [1.29, 1.82) is 0 Å². The van der Waals surface area contributed by atoms with Gasteiger partial charge < -0.3 is 30.0 Å². The van der Waals surface area contributed by atoms with E-state index in [2.05, 4.69) is 0 Å². The first-order valence-corrected chi connectivity index (χ1v) is 5.90.